The van der Waals surface area contributed by atoms with Crippen LogP contribution in [0.15, 0.2) is 0 Å². The van der Waals surface area contributed by atoms with Gasteiger partial charge in [0.25, 0.3) is 0 Å². The van der Waals surface area contributed by atoms with Crippen LogP contribution in [0.25, 0.3) is 0 Å². The summed E-state index contributed by atoms with van der Waals surface area (Å²) in [6.45, 7) is 0. The van der Waals surface area contributed by atoms with Gasteiger partial charge in [-0.15, -0.1) is 0 Å². The molecule has 2 saturated carbocycles. The van der Waals surface area contributed by atoms with Gasteiger partial charge in [-0.05, 0) is 18.8 Å². The van der Waals surface area contributed by atoms with Crippen molar-refractivity contribution in [2.24, 2.45) is 11.8 Å². The lowest BCUT2D eigenvalue weighted by Gasteiger charge is -2.09. The van der Waals surface area contributed by atoms with Crippen LogP contribution in [0.5, 0.6) is 0 Å². The predicted octanol–water partition coefficient (Wildman–Crippen LogP) is 1.27. The Kier molecular flexibility index (Phi) is 0.984. The van der Waals surface area contributed by atoms with Crippen molar-refractivity contribution in [1.82, 2.24) is 0 Å². The summed E-state index contributed by atoms with van der Waals surface area (Å²) >= 11 is 0. The summed E-state index contributed by atoms with van der Waals surface area (Å²) in [5.74, 6) is -0.818. The zero-order valence-electron chi connectivity index (χ0n) is 5.39. The Balaban J connectivity index is 2.16. The van der Waals surface area contributed by atoms with Gasteiger partial charge in [-0.2, -0.15) is 0 Å². The first-order valence-electron chi connectivity index (χ1n) is 3.47. The second-order valence-electron chi connectivity index (χ2n) is 3.27. The number of carbonyl (C=O) groups is 1. The average molecular weight is 146 g/mol. The lowest BCUT2D eigenvalue weighted by molar-refractivity contribution is -0.113. The van der Waals surface area contributed by atoms with Crippen LogP contribution in [0.4, 0.5) is 8.78 Å². The molecule has 0 aromatic heterocycles. The Morgan fingerprint density at radius 2 is 2.30 bits per heavy atom. The zero-order valence-corrected chi connectivity index (χ0v) is 5.39. The lowest BCUT2D eigenvalue weighted by Crippen LogP contribution is -2.23. The molecule has 2 fully saturated rings. The van der Waals surface area contributed by atoms with Crippen molar-refractivity contribution in [2.75, 3.05) is 0 Å². The van der Waals surface area contributed by atoms with Gasteiger partial charge >= 0.3 is 0 Å². The summed E-state index contributed by atoms with van der Waals surface area (Å²) in [5, 5.41) is 0. The van der Waals surface area contributed by atoms with Crippen LogP contribution in [0.3, 0.4) is 0 Å². The Labute approximate surface area is 57.4 Å². The van der Waals surface area contributed by atoms with E-state index in [0.29, 0.717) is 19.1 Å². The third-order valence-electron chi connectivity index (χ3n) is 2.64. The molecule has 0 radical (unpaired) electrons. The average Bonchev–Trinajstić information content (AvgIpc) is 2.51. The van der Waals surface area contributed by atoms with Crippen LogP contribution in [-0.4, -0.2) is 18.1 Å². The smallest absolute Gasteiger partial charge is 0.146 e. The summed E-state index contributed by atoms with van der Waals surface area (Å²) in [5.41, 5.74) is -1.61. The Morgan fingerprint density at radius 1 is 1.60 bits per heavy atom. The second kappa shape index (κ2) is 1.57. The molecular weight excluding hydrogens is 138 g/mol. The predicted molar refractivity (Wildman–Crippen MR) is 31.0 cm³/mol. The minimum Gasteiger partial charge on any atom is -0.303 e. The standard InChI is InChI=1S/C7H8F2O/c8-6-4(3-10)1-5-2-7(5,6)9/h3-6H,1-2H2. The van der Waals surface area contributed by atoms with Crippen LogP contribution in [0.2, 0.25) is 0 Å². The van der Waals surface area contributed by atoms with E-state index in [4.69, 9.17) is 0 Å². The van der Waals surface area contributed by atoms with Crippen molar-refractivity contribution in [2.45, 2.75) is 24.7 Å². The molecule has 0 heterocycles. The van der Waals surface area contributed by atoms with Gasteiger partial charge in [0.15, 0.2) is 0 Å². The van der Waals surface area contributed by atoms with Crippen LogP contribution < -0.4 is 0 Å². The molecule has 56 valence electrons. The van der Waals surface area contributed by atoms with Crippen molar-refractivity contribution in [3.8, 4) is 0 Å². The summed E-state index contributed by atoms with van der Waals surface area (Å²) in [7, 11) is 0. The van der Waals surface area contributed by atoms with Gasteiger partial charge in [0.05, 0.1) is 0 Å². The molecule has 2 rings (SSSR count). The minimum absolute atomic E-state index is 0.155. The van der Waals surface area contributed by atoms with E-state index in [0.717, 1.165) is 0 Å². The molecule has 0 amide bonds. The Bertz CT molecular complexity index is 182. The first kappa shape index (κ1) is 6.25. The first-order chi connectivity index (χ1) is 4.68. The van der Waals surface area contributed by atoms with Crippen LogP contribution in [0.1, 0.15) is 12.8 Å². The second-order valence-corrected chi connectivity index (χ2v) is 3.27. The number of aldehydes is 1. The van der Waals surface area contributed by atoms with Crippen molar-refractivity contribution >= 4 is 6.29 Å². The van der Waals surface area contributed by atoms with Crippen LogP contribution >= 0.6 is 0 Å². The summed E-state index contributed by atoms with van der Waals surface area (Å²) in [4.78, 5) is 10.1. The topological polar surface area (TPSA) is 17.1 Å². The van der Waals surface area contributed by atoms with Crippen LogP contribution in [0, 0.1) is 11.8 Å². The monoisotopic (exact) mass is 146 g/mol. The number of carbonyl (C=O) groups excluding carboxylic acids is 1. The highest BCUT2D eigenvalue weighted by molar-refractivity contribution is 5.57. The fourth-order valence-corrected chi connectivity index (χ4v) is 1.86. The molecule has 10 heavy (non-hydrogen) atoms. The maximum absolute atomic E-state index is 13.0. The van der Waals surface area contributed by atoms with E-state index in [9.17, 15) is 13.6 Å². The highest BCUT2D eigenvalue weighted by Crippen LogP contribution is 2.61. The molecule has 2 aliphatic carbocycles. The normalized spacial score (nSPS) is 58.0. The Morgan fingerprint density at radius 3 is 2.60 bits per heavy atom. The first-order valence-corrected chi connectivity index (χ1v) is 3.47. The van der Waals surface area contributed by atoms with E-state index in [1.165, 1.54) is 0 Å². The highest BCUT2D eigenvalue weighted by atomic mass is 19.2. The van der Waals surface area contributed by atoms with E-state index in [1.54, 1.807) is 0 Å². The Hall–Kier alpha value is -0.470. The number of hydrogen-bond acceptors (Lipinski definition) is 1. The highest BCUT2D eigenvalue weighted by Gasteiger charge is 2.68. The van der Waals surface area contributed by atoms with Gasteiger partial charge in [0.2, 0.25) is 0 Å². The molecule has 4 unspecified atom stereocenters. The van der Waals surface area contributed by atoms with Gasteiger partial charge in [0.1, 0.15) is 18.1 Å². The minimum atomic E-state index is -1.61. The van der Waals surface area contributed by atoms with Crippen molar-refractivity contribution in [3.63, 3.8) is 0 Å². The lowest BCUT2D eigenvalue weighted by atomic mass is 10.0. The van der Waals surface area contributed by atoms with E-state index in [-0.39, 0.29) is 5.92 Å². The molecule has 0 bridgehead atoms. The molecule has 0 aromatic carbocycles. The van der Waals surface area contributed by atoms with E-state index < -0.39 is 17.8 Å². The third-order valence-corrected chi connectivity index (χ3v) is 2.64. The number of hydrogen-bond donors (Lipinski definition) is 0. The maximum Gasteiger partial charge on any atom is 0.146 e. The number of fused-ring (bicyclic) bond motifs is 1. The summed E-state index contributed by atoms with van der Waals surface area (Å²) in [6.07, 6.45) is -0.229. The van der Waals surface area contributed by atoms with E-state index in [2.05, 4.69) is 0 Å². The number of alkyl halides is 2. The molecule has 0 spiro atoms. The molecule has 0 aliphatic heterocycles. The van der Waals surface area contributed by atoms with Crippen LogP contribution in [-0.2, 0) is 4.79 Å². The number of halogens is 2. The SMILES string of the molecule is O=CC1CC2CC2(F)C1F. The largest absolute Gasteiger partial charge is 0.303 e. The molecule has 1 nitrogen and oxygen atoms in total. The molecule has 3 heteroatoms. The maximum atomic E-state index is 13.0. The fourth-order valence-electron chi connectivity index (χ4n) is 1.86. The third kappa shape index (κ3) is 0.534. The van der Waals surface area contributed by atoms with Crippen molar-refractivity contribution in [3.05, 3.63) is 0 Å². The van der Waals surface area contributed by atoms with Crippen molar-refractivity contribution < 1.29 is 13.6 Å². The van der Waals surface area contributed by atoms with Gasteiger partial charge < -0.3 is 4.79 Å². The number of rotatable bonds is 1. The van der Waals surface area contributed by atoms with Gasteiger partial charge in [-0.1, -0.05) is 0 Å². The van der Waals surface area contributed by atoms with Gasteiger partial charge in [0, 0.05) is 5.92 Å². The molecule has 0 N–H and O–H groups in total. The summed E-state index contributed by atoms with van der Waals surface area (Å²) < 4.78 is 25.8. The molecular formula is C7H8F2O. The molecule has 0 aromatic rings. The molecule has 0 saturated heterocycles. The van der Waals surface area contributed by atoms with E-state index >= 15 is 0 Å². The fraction of sp³-hybridized carbons (Fsp3) is 0.857. The summed E-state index contributed by atoms with van der Waals surface area (Å²) in [6, 6.07) is 0. The quantitative estimate of drug-likeness (QED) is 0.509. The molecule has 2 aliphatic rings. The van der Waals surface area contributed by atoms with Gasteiger partial charge in [-0.3, -0.25) is 0 Å². The van der Waals surface area contributed by atoms with Gasteiger partial charge in [-0.25, -0.2) is 8.78 Å². The molecule has 4 atom stereocenters. The van der Waals surface area contributed by atoms with E-state index in [1.807, 2.05) is 0 Å². The zero-order chi connectivity index (χ0) is 7.35. The van der Waals surface area contributed by atoms with Crippen molar-refractivity contribution in [1.29, 1.82) is 0 Å².